The summed E-state index contributed by atoms with van der Waals surface area (Å²) in [6.07, 6.45) is 4.42. The number of aromatic nitrogens is 3. The predicted molar refractivity (Wildman–Crippen MR) is 99.6 cm³/mol. The first-order valence-corrected chi connectivity index (χ1v) is 9.08. The van der Waals surface area contributed by atoms with Gasteiger partial charge in [-0.3, -0.25) is 4.79 Å². The molecular formula is C20H21N5O. The molecule has 3 heterocycles. The molecule has 0 bridgehead atoms. The van der Waals surface area contributed by atoms with E-state index in [4.69, 9.17) is 5.73 Å². The third kappa shape index (κ3) is 2.29. The zero-order valence-corrected chi connectivity index (χ0v) is 14.9. The highest BCUT2D eigenvalue weighted by Gasteiger charge is 2.39. The van der Waals surface area contributed by atoms with E-state index < -0.39 is 0 Å². The van der Waals surface area contributed by atoms with Crippen LogP contribution in [0.1, 0.15) is 41.3 Å². The van der Waals surface area contributed by atoms with E-state index in [0.717, 1.165) is 33.5 Å². The molecule has 6 nitrogen and oxygen atoms in total. The molecule has 1 amide bonds. The van der Waals surface area contributed by atoms with Crippen molar-refractivity contribution in [3.63, 3.8) is 0 Å². The molecule has 2 aliphatic rings. The number of amides is 1. The number of benzene rings is 1. The summed E-state index contributed by atoms with van der Waals surface area (Å²) in [6, 6.07) is 8.48. The first-order chi connectivity index (χ1) is 12.5. The summed E-state index contributed by atoms with van der Waals surface area (Å²) in [6.45, 7) is 4.91. The largest absolute Gasteiger partial charge is 0.366 e. The molecule has 6 heteroatoms. The van der Waals surface area contributed by atoms with Crippen molar-refractivity contribution in [2.75, 3.05) is 5.73 Å². The van der Waals surface area contributed by atoms with Crippen molar-refractivity contribution in [3.8, 4) is 11.1 Å². The number of anilines is 1. The Morgan fingerprint density at radius 3 is 2.81 bits per heavy atom. The second-order valence-corrected chi connectivity index (χ2v) is 7.53. The van der Waals surface area contributed by atoms with Gasteiger partial charge in [-0.15, -0.1) is 5.10 Å². The maximum absolute atomic E-state index is 12.9. The van der Waals surface area contributed by atoms with Gasteiger partial charge in [-0.1, -0.05) is 6.07 Å². The van der Waals surface area contributed by atoms with E-state index in [1.807, 2.05) is 30.2 Å². The lowest BCUT2D eigenvalue weighted by molar-refractivity contribution is 0.0697. The second-order valence-electron chi connectivity index (χ2n) is 7.53. The van der Waals surface area contributed by atoms with E-state index in [1.54, 1.807) is 4.52 Å². The summed E-state index contributed by atoms with van der Waals surface area (Å²) in [7, 11) is 0. The van der Waals surface area contributed by atoms with Crippen LogP contribution in [-0.2, 0) is 6.54 Å². The van der Waals surface area contributed by atoms with Crippen LogP contribution in [0.25, 0.3) is 16.8 Å². The van der Waals surface area contributed by atoms with Crippen molar-refractivity contribution >= 4 is 17.5 Å². The molecule has 1 fully saturated rings. The Hall–Kier alpha value is -2.89. The highest BCUT2D eigenvalue weighted by molar-refractivity contribution is 6.00. The number of nitrogens with two attached hydrogens (primary N) is 1. The van der Waals surface area contributed by atoms with Gasteiger partial charge in [-0.25, -0.2) is 4.52 Å². The molecule has 1 aromatic carbocycles. The first kappa shape index (κ1) is 15.4. The first-order valence-electron chi connectivity index (χ1n) is 9.08. The number of carbonyl (C=O) groups excluding carboxylic acids is 1. The summed E-state index contributed by atoms with van der Waals surface area (Å²) >= 11 is 0. The molecule has 2 N–H and O–H groups in total. The molecule has 1 aliphatic carbocycles. The van der Waals surface area contributed by atoms with E-state index in [9.17, 15) is 4.79 Å². The normalized spacial score (nSPS) is 17.8. The van der Waals surface area contributed by atoms with Crippen LogP contribution < -0.4 is 5.73 Å². The molecule has 2 aromatic heterocycles. The quantitative estimate of drug-likeness (QED) is 0.790. The Labute approximate surface area is 151 Å². The SMILES string of the molecule is Cc1cc(-c2ccc3nc(N)nn3c2)cc2c1C(=O)N([C@@H](C)C1CC1)C2. The lowest BCUT2D eigenvalue weighted by Crippen LogP contribution is -2.34. The van der Waals surface area contributed by atoms with Gasteiger partial charge in [0, 0.05) is 29.9 Å². The Kier molecular flexibility index (Phi) is 3.13. The molecule has 0 spiro atoms. The van der Waals surface area contributed by atoms with E-state index in [-0.39, 0.29) is 11.9 Å². The van der Waals surface area contributed by atoms with E-state index >= 15 is 0 Å². The number of carbonyl (C=O) groups is 1. The molecule has 3 aromatic rings. The molecule has 1 aliphatic heterocycles. The second kappa shape index (κ2) is 5.30. The summed E-state index contributed by atoms with van der Waals surface area (Å²) in [5.41, 5.74) is 11.6. The number of fused-ring (bicyclic) bond motifs is 2. The summed E-state index contributed by atoms with van der Waals surface area (Å²) in [4.78, 5) is 19.1. The predicted octanol–water partition coefficient (Wildman–Crippen LogP) is 3.04. The number of rotatable bonds is 3. The standard InChI is InChI=1S/C20H21N5O/c1-11-7-15(14-5-6-17-22-20(21)23-25(17)10-14)8-16-9-24(19(26)18(11)16)12(2)13-3-4-13/h5-8,10,12-13H,3-4,9H2,1-2H3,(H2,21,23)/t12-/m0/s1. The van der Waals surface area contributed by atoms with Crippen LogP contribution >= 0.6 is 0 Å². The fourth-order valence-corrected chi connectivity index (χ4v) is 4.09. The number of pyridine rings is 1. The van der Waals surface area contributed by atoms with Gasteiger partial charge in [0.25, 0.3) is 5.91 Å². The minimum absolute atomic E-state index is 0.183. The summed E-state index contributed by atoms with van der Waals surface area (Å²) in [5, 5.41) is 4.19. The Balaban J connectivity index is 1.55. The van der Waals surface area contributed by atoms with Gasteiger partial charge in [-0.2, -0.15) is 4.98 Å². The topological polar surface area (TPSA) is 76.5 Å². The Morgan fingerprint density at radius 1 is 1.23 bits per heavy atom. The van der Waals surface area contributed by atoms with Crippen molar-refractivity contribution in [2.45, 2.75) is 39.3 Å². The number of aryl methyl sites for hydroxylation is 1. The molecule has 1 saturated carbocycles. The molecular weight excluding hydrogens is 326 g/mol. The van der Waals surface area contributed by atoms with Crippen LogP contribution in [0.3, 0.4) is 0 Å². The summed E-state index contributed by atoms with van der Waals surface area (Å²) < 4.78 is 1.69. The molecule has 26 heavy (non-hydrogen) atoms. The van der Waals surface area contributed by atoms with Crippen LogP contribution in [-0.4, -0.2) is 31.4 Å². The highest BCUT2D eigenvalue weighted by Crippen LogP contribution is 2.39. The molecule has 5 rings (SSSR count). The van der Waals surface area contributed by atoms with Gasteiger partial charge in [0.15, 0.2) is 5.65 Å². The number of hydrogen-bond acceptors (Lipinski definition) is 4. The van der Waals surface area contributed by atoms with Crippen molar-refractivity contribution in [2.24, 2.45) is 5.92 Å². The van der Waals surface area contributed by atoms with Gasteiger partial charge >= 0.3 is 0 Å². The lowest BCUT2D eigenvalue weighted by Gasteiger charge is -2.24. The third-order valence-electron chi connectivity index (χ3n) is 5.71. The zero-order valence-electron chi connectivity index (χ0n) is 14.9. The molecule has 1 atom stereocenters. The number of hydrogen-bond donors (Lipinski definition) is 1. The Morgan fingerprint density at radius 2 is 2.04 bits per heavy atom. The lowest BCUT2D eigenvalue weighted by atomic mass is 9.97. The Bertz CT molecular complexity index is 1050. The van der Waals surface area contributed by atoms with Crippen LogP contribution in [0.2, 0.25) is 0 Å². The fourth-order valence-electron chi connectivity index (χ4n) is 4.09. The smallest absolute Gasteiger partial charge is 0.255 e. The monoisotopic (exact) mass is 347 g/mol. The van der Waals surface area contributed by atoms with E-state index in [1.165, 1.54) is 12.8 Å². The van der Waals surface area contributed by atoms with E-state index in [0.29, 0.717) is 18.5 Å². The van der Waals surface area contributed by atoms with Gasteiger partial charge in [-0.05, 0) is 67.5 Å². The molecule has 132 valence electrons. The molecule has 0 unspecified atom stereocenters. The van der Waals surface area contributed by atoms with Crippen LogP contribution in [0.4, 0.5) is 5.95 Å². The minimum Gasteiger partial charge on any atom is -0.366 e. The van der Waals surface area contributed by atoms with Crippen LogP contribution in [0.15, 0.2) is 30.5 Å². The summed E-state index contributed by atoms with van der Waals surface area (Å²) in [5.74, 6) is 1.12. The van der Waals surface area contributed by atoms with Crippen molar-refractivity contribution in [1.82, 2.24) is 19.5 Å². The molecule has 0 radical (unpaired) electrons. The van der Waals surface area contributed by atoms with Gasteiger partial charge in [0.05, 0.1) is 0 Å². The molecule has 0 saturated heterocycles. The van der Waals surface area contributed by atoms with Crippen molar-refractivity contribution < 1.29 is 4.79 Å². The van der Waals surface area contributed by atoms with Gasteiger partial charge in [0.1, 0.15) is 0 Å². The van der Waals surface area contributed by atoms with Crippen molar-refractivity contribution in [1.29, 1.82) is 0 Å². The number of nitrogens with zero attached hydrogens (tertiary/aromatic N) is 4. The highest BCUT2D eigenvalue weighted by atomic mass is 16.2. The van der Waals surface area contributed by atoms with Crippen LogP contribution in [0.5, 0.6) is 0 Å². The minimum atomic E-state index is 0.183. The fraction of sp³-hybridized carbons (Fsp3) is 0.350. The van der Waals surface area contributed by atoms with E-state index in [2.05, 4.69) is 29.1 Å². The maximum atomic E-state index is 12.9. The van der Waals surface area contributed by atoms with Crippen LogP contribution in [0, 0.1) is 12.8 Å². The maximum Gasteiger partial charge on any atom is 0.255 e. The average Bonchev–Trinajstić information content (AvgIpc) is 3.31. The number of nitrogen functional groups attached to an aromatic ring is 1. The third-order valence-corrected chi connectivity index (χ3v) is 5.71. The zero-order chi connectivity index (χ0) is 18.0. The van der Waals surface area contributed by atoms with Crippen molar-refractivity contribution in [3.05, 3.63) is 47.2 Å². The average molecular weight is 347 g/mol. The van der Waals surface area contributed by atoms with Gasteiger partial charge in [0.2, 0.25) is 5.95 Å². The van der Waals surface area contributed by atoms with Gasteiger partial charge < -0.3 is 10.6 Å².